The summed E-state index contributed by atoms with van der Waals surface area (Å²) in [5.41, 5.74) is 0.477. The molecular weight excluding hydrogens is 424 g/mol. The predicted molar refractivity (Wildman–Crippen MR) is 99.6 cm³/mol. The topological polar surface area (TPSA) is 88.9 Å². The van der Waals surface area contributed by atoms with Gasteiger partial charge in [-0.15, -0.1) is 0 Å². The van der Waals surface area contributed by atoms with Gasteiger partial charge >= 0.3 is 0 Å². The number of amides is 1. The lowest BCUT2D eigenvalue weighted by molar-refractivity contribution is -0.0440. The number of ether oxygens (including phenoxy) is 1. The number of sulfonamides is 1. The number of hydrogen-bond donors (Lipinski definition) is 1. The lowest BCUT2D eigenvalue weighted by Crippen LogP contribution is -2.48. The van der Waals surface area contributed by atoms with Gasteiger partial charge < -0.3 is 14.5 Å². The molecule has 140 valence electrons. The molecule has 1 fully saturated rings. The maximum atomic E-state index is 12.8. The zero-order chi connectivity index (χ0) is 18.9. The van der Waals surface area contributed by atoms with Crippen LogP contribution in [0.2, 0.25) is 0 Å². The Morgan fingerprint density at radius 1 is 1.12 bits per heavy atom. The summed E-state index contributed by atoms with van der Waals surface area (Å²) in [5.74, 6) is -0.257. The second-order valence-electron chi connectivity index (χ2n) is 6.16. The van der Waals surface area contributed by atoms with Gasteiger partial charge in [-0.25, -0.2) is 8.42 Å². The summed E-state index contributed by atoms with van der Waals surface area (Å²) >= 11 is 3.14. The fraction of sp³-hybridized carbons (Fsp3) is 0.353. The molecule has 2 aromatic rings. The molecule has 1 aliphatic rings. The van der Waals surface area contributed by atoms with Gasteiger partial charge in [0.25, 0.3) is 5.91 Å². The number of nitrogens with zero attached hydrogens (tertiary/aromatic N) is 1. The van der Waals surface area contributed by atoms with E-state index < -0.39 is 15.9 Å². The molecule has 1 amide bonds. The highest BCUT2D eigenvalue weighted by Crippen LogP contribution is 2.23. The molecule has 1 aromatic heterocycles. The summed E-state index contributed by atoms with van der Waals surface area (Å²) < 4.78 is 38.3. The summed E-state index contributed by atoms with van der Waals surface area (Å²) in [7, 11) is -3.61. The van der Waals surface area contributed by atoms with Crippen LogP contribution in [0.1, 0.15) is 24.4 Å². The van der Waals surface area contributed by atoms with Crippen molar-refractivity contribution >= 4 is 37.5 Å². The SMILES string of the molecule is CC1CN(S(=O)(=O)c2ccc(NC(=O)c3ccc(Br)o3)cc2)CC(C)O1. The number of rotatable bonds is 4. The standard InChI is InChI=1S/C17H19BrN2O5S/c1-11-9-20(10-12(2)24-11)26(22,23)14-5-3-13(4-6-14)19-17(21)15-7-8-16(18)25-15/h3-8,11-12H,9-10H2,1-2H3,(H,19,21). The van der Waals surface area contributed by atoms with Gasteiger partial charge in [0.05, 0.1) is 17.1 Å². The molecule has 2 heterocycles. The third-order valence-electron chi connectivity index (χ3n) is 3.93. The number of carbonyl (C=O) groups excluding carboxylic acids is 1. The molecule has 0 aliphatic carbocycles. The molecule has 2 atom stereocenters. The van der Waals surface area contributed by atoms with Crippen LogP contribution in [0.4, 0.5) is 5.69 Å². The minimum atomic E-state index is -3.61. The summed E-state index contributed by atoms with van der Waals surface area (Å²) in [6.07, 6.45) is -0.306. The van der Waals surface area contributed by atoms with E-state index in [1.165, 1.54) is 16.4 Å². The van der Waals surface area contributed by atoms with Crippen molar-refractivity contribution in [3.8, 4) is 0 Å². The number of halogens is 1. The van der Waals surface area contributed by atoms with Crippen LogP contribution in [0.3, 0.4) is 0 Å². The lowest BCUT2D eigenvalue weighted by Gasteiger charge is -2.34. The zero-order valence-electron chi connectivity index (χ0n) is 14.3. The summed E-state index contributed by atoms with van der Waals surface area (Å²) in [6.45, 7) is 4.34. The highest BCUT2D eigenvalue weighted by atomic mass is 79.9. The van der Waals surface area contributed by atoms with Gasteiger partial charge in [-0.05, 0) is 66.2 Å². The van der Waals surface area contributed by atoms with Gasteiger partial charge in [-0.2, -0.15) is 4.31 Å². The van der Waals surface area contributed by atoms with E-state index in [4.69, 9.17) is 9.15 Å². The van der Waals surface area contributed by atoms with E-state index in [9.17, 15) is 13.2 Å². The lowest BCUT2D eigenvalue weighted by atomic mass is 10.3. The van der Waals surface area contributed by atoms with E-state index in [1.807, 2.05) is 13.8 Å². The number of benzene rings is 1. The maximum absolute atomic E-state index is 12.8. The van der Waals surface area contributed by atoms with Gasteiger partial charge in [0.2, 0.25) is 10.0 Å². The number of morpholine rings is 1. The average Bonchev–Trinajstić information content (AvgIpc) is 3.01. The van der Waals surface area contributed by atoms with Crippen molar-refractivity contribution in [3.63, 3.8) is 0 Å². The van der Waals surface area contributed by atoms with Gasteiger partial charge in [0.1, 0.15) is 0 Å². The van der Waals surface area contributed by atoms with Gasteiger partial charge in [0, 0.05) is 18.8 Å². The Morgan fingerprint density at radius 2 is 1.73 bits per heavy atom. The first kappa shape index (κ1) is 19.1. The molecule has 7 nitrogen and oxygen atoms in total. The number of anilines is 1. The molecule has 1 N–H and O–H groups in total. The van der Waals surface area contributed by atoms with E-state index in [1.54, 1.807) is 24.3 Å². The van der Waals surface area contributed by atoms with Gasteiger partial charge in [-0.3, -0.25) is 4.79 Å². The Balaban J connectivity index is 1.73. The van der Waals surface area contributed by atoms with E-state index in [2.05, 4.69) is 21.2 Å². The first-order chi connectivity index (χ1) is 12.3. The largest absolute Gasteiger partial charge is 0.444 e. The summed E-state index contributed by atoms with van der Waals surface area (Å²) in [5, 5.41) is 2.66. The van der Waals surface area contributed by atoms with Crippen molar-refractivity contribution in [2.75, 3.05) is 18.4 Å². The van der Waals surface area contributed by atoms with E-state index in [0.29, 0.717) is 23.4 Å². The first-order valence-electron chi connectivity index (χ1n) is 8.08. The minimum absolute atomic E-state index is 0.153. The van der Waals surface area contributed by atoms with Crippen LogP contribution < -0.4 is 5.32 Å². The maximum Gasteiger partial charge on any atom is 0.291 e. The van der Waals surface area contributed by atoms with Crippen molar-refractivity contribution in [1.29, 1.82) is 0 Å². The van der Waals surface area contributed by atoms with Crippen molar-refractivity contribution in [2.24, 2.45) is 0 Å². The number of furan rings is 1. The molecule has 26 heavy (non-hydrogen) atoms. The van der Waals surface area contributed by atoms with Gasteiger partial charge in [-0.1, -0.05) is 0 Å². The molecular formula is C17H19BrN2O5S. The van der Waals surface area contributed by atoms with Crippen LogP contribution in [0.15, 0.2) is 50.4 Å². The third-order valence-corrected chi connectivity index (χ3v) is 6.21. The molecule has 0 bridgehead atoms. The predicted octanol–water partition coefficient (Wildman–Crippen LogP) is 3.09. The molecule has 0 saturated carbocycles. The normalized spacial score (nSPS) is 21.5. The summed E-state index contributed by atoms with van der Waals surface area (Å²) in [6, 6.07) is 9.22. The molecule has 0 spiro atoms. The van der Waals surface area contributed by atoms with Gasteiger partial charge in [0.15, 0.2) is 10.4 Å². The quantitative estimate of drug-likeness (QED) is 0.785. The van der Waals surface area contributed by atoms with Crippen molar-refractivity contribution < 1.29 is 22.4 Å². The molecule has 3 rings (SSSR count). The van der Waals surface area contributed by atoms with E-state index in [0.717, 1.165) is 0 Å². The van der Waals surface area contributed by atoms with Crippen molar-refractivity contribution in [3.05, 3.63) is 46.8 Å². The third kappa shape index (κ3) is 4.17. The molecule has 1 aliphatic heterocycles. The van der Waals surface area contributed by atoms with E-state index in [-0.39, 0.29) is 22.9 Å². The fourth-order valence-corrected chi connectivity index (χ4v) is 4.71. The smallest absolute Gasteiger partial charge is 0.291 e. The molecule has 1 aromatic carbocycles. The Bertz CT molecular complexity index is 884. The van der Waals surface area contributed by atoms with Crippen LogP contribution in [0, 0.1) is 0 Å². The minimum Gasteiger partial charge on any atom is -0.444 e. The highest BCUT2D eigenvalue weighted by Gasteiger charge is 2.32. The van der Waals surface area contributed by atoms with Crippen LogP contribution >= 0.6 is 15.9 Å². The van der Waals surface area contributed by atoms with Crippen molar-refractivity contribution in [2.45, 2.75) is 31.0 Å². The monoisotopic (exact) mass is 442 g/mol. The van der Waals surface area contributed by atoms with E-state index >= 15 is 0 Å². The Hall–Kier alpha value is -1.68. The first-order valence-corrected chi connectivity index (χ1v) is 10.3. The van der Waals surface area contributed by atoms with Crippen LogP contribution in [-0.4, -0.2) is 43.9 Å². The Kier molecular flexibility index (Phi) is 5.52. The molecule has 9 heteroatoms. The number of hydrogen-bond acceptors (Lipinski definition) is 5. The Labute approximate surface area is 160 Å². The number of nitrogens with one attached hydrogen (secondary N) is 1. The average molecular weight is 443 g/mol. The highest BCUT2D eigenvalue weighted by molar-refractivity contribution is 9.10. The number of carbonyl (C=O) groups is 1. The second-order valence-corrected chi connectivity index (χ2v) is 8.88. The fourth-order valence-electron chi connectivity index (χ4n) is 2.82. The van der Waals surface area contributed by atoms with Crippen LogP contribution in [-0.2, 0) is 14.8 Å². The second kappa shape index (κ2) is 7.51. The molecule has 1 saturated heterocycles. The molecule has 0 radical (unpaired) electrons. The van der Waals surface area contributed by atoms with Crippen LogP contribution in [0.25, 0.3) is 0 Å². The van der Waals surface area contributed by atoms with Crippen molar-refractivity contribution in [1.82, 2.24) is 4.31 Å². The molecule has 2 unspecified atom stereocenters. The summed E-state index contributed by atoms with van der Waals surface area (Å²) in [4.78, 5) is 12.2. The zero-order valence-corrected chi connectivity index (χ0v) is 16.7. The van der Waals surface area contributed by atoms with Crippen LogP contribution in [0.5, 0.6) is 0 Å². The Morgan fingerprint density at radius 3 is 2.27 bits per heavy atom.